The van der Waals surface area contributed by atoms with Crippen LogP contribution in [0.25, 0.3) is 10.9 Å². The summed E-state index contributed by atoms with van der Waals surface area (Å²) >= 11 is 0. The van der Waals surface area contributed by atoms with E-state index in [-0.39, 0.29) is 11.3 Å². The van der Waals surface area contributed by atoms with E-state index in [0.717, 1.165) is 10.9 Å². The van der Waals surface area contributed by atoms with Crippen LogP contribution in [0, 0.1) is 6.92 Å². The number of para-hydroxylation sites is 1. The maximum Gasteiger partial charge on any atom is 0.344 e. The van der Waals surface area contributed by atoms with Gasteiger partial charge in [0.25, 0.3) is 5.56 Å². The second kappa shape index (κ2) is 5.92. The number of Topliss-reactive ketones (excluding diaryl/α,β-unsaturated/α-hetero) is 1. The van der Waals surface area contributed by atoms with Gasteiger partial charge in [-0.25, -0.2) is 4.79 Å². The molecule has 0 aliphatic heterocycles. The van der Waals surface area contributed by atoms with Gasteiger partial charge < -0.3 is 14.7 Å². The van der Waals surface area contributed by atoms with Crippen molar-refractivity contribution in [3.63, 3.8) is 0 Å². The number of H-pyrrole nitrogens is 2. The van der Waals surface area contributed by atoms with Crippen LogP contribution < -0.4 is 5.56 Å². The first-order chi connectivity index (χ1) is 11.1. The van der Waals surface area contributed by atoms with Gasteiger partial charge in [0.1, 0.15) is 5.56 Å². The molecule has 0 saturated heterocycles. The molecule has 2 aromatic heterocycles. The number of carbonyl (C=O) groups excluding carboxylic acids is 2. The van der Waals surface area contributed by atoms with Crippen LogP contribution in [0.5, 0.6) is 0 Å². The smallest absolute Gasteiger partial charge is 0.344 e. The Balaban J connectivity index is 1.79. The number of fused-ring (bicyclic) bond motifs is 1. The third-order valence-corrected chi connectivity index (χ3v) is 3.54. The minimum atomic E-state index is -0.822. The van der Waals surface area contributed by atoms with Crippen LogP contribution in [-0.2, 0) is 4.74 Å². The first kappa shape index (κ1) is 14.8. The average Bonchev–Trinajstić information content (AvgIpc) is 2.88. The zero-order valence-corrected chi connectivity index (χ0v) is 12.4. The summed E-state index contributed by atoms with van der Waals surface area (Å²) in [5.41, 5.74) is 1.38. The van der Waals surface area contributed by atoms with E-state index in [1.54, 1.807) is 6.92 Å². The number of esters is 1. The molecule has 0 aliphatic rings. The predicted molar refractivity (Wildman–Crippen MR) is 84.7 cm³/mol. The highest BCUT2D eigenvalue weighted by molar-refractivity contribution is 6.10. The normalized spacial score (nSPS) is 10.7. The van der Waals surface area contributed by atoms with E-state index in [1.807, 2.05) is 24.3 Å². The van der Waals surface area contributed by atoms with Crippen LogP contribution in [0.15, 0.2) is 47.4 Å². The Kier molecular flexibility index (Phi) is 3.80. The lowest BCUT2D eigenvalue weighted by atomic mass is 10.1. The van der Waals surface area contributed by atoms with Crippen molar-refractivity contribution in [2.75, 3.05) is 6.61 Å². The second-order valence-corrected chi connectivity index (χ2v) is 5.08. The van der Waals surface area contributed by atoms with E-state index in [4.69, 9.17) is 4.74 Å². The molecule has 23 heavy (non-hydrogen) atoms. The number of nitrogens with one attached hydrogen (secondary N) is 2. The molecule has 2 N–H and O–H groups in total. The number of benzene rings is 1. The summed E-state index contributed by atoms with van der Waals surface area (Å²) in [5.74, 6) is -1.14. The molecule has 0 saturated carbocycles. The van der Waals surface area contributed by atoms with Gasteiger partial charge in [0, 0.05) is 28.4 Å². The van der Waals surface area contributed by atoms with Gasteiger partial charge in [0.2, 0.25) is 5.78 Å². The highest BCUT2D eigenvalue weighted by Gasteiger charge is 2.19. The number of hydrogen-bond donors (Lipinski definition) is 2. The molecule has 6 nitrogen and oxygen atoms in total. The molecule has 3 aromatic rings. The zero-order chi connectivity index (χ0) is 16.4. The molecule has 6 heteroatoms. The van der Waals surface area contributed by atoms with Crippen LogP contribution in [0.4, 0.5) is 0 Å². The third kappa shape index (κ3) is 2.78. The van der Waals surface area contributed by atoms with Gasteiger partial charge in [-0.2, -0.15) is 0 Å². The first-order valence-corrected chi connectivity index (χ1v) is 7.03. The lowest BCUT2D eigenvalue weighted by Gasteiger charge is -2.04. The topological polar surface area (TPSA) is 92.0 Å². The summed E-state index contributed by atoms with van der Waals surface area (Å²) in [6, 6.07) is 10.3. The van der Waals surface area contributed by atoms with Crippen molar-refractivity contribution in [2.24, 2.45) is 0 Å². The second-order valence-electron chi connectivity index (χ2n) is 5.08. The molecule has 0 bridgehead atoms. The summed E-state index contributed by atoms with van der Waals surface area (Å²) in [6.45, 7) is 1.37. The number of aromatic amines is 2. The molecule has 3 rings (SSSR count). The summed E-state index contributed by atoms with van der Waals surface area (Å²) in [7, 11) is 0. The molecular formula is C17H14N2O4. The fourth-order valence-corrected chi connectivity index (χ4v) is 2.50. The predicted octanol–water partition coefficient (Wildman–Crippen LogP) is 2.20. The van der Waals surface area contributed by atoms with Crippen molar-refractivity contribution in [1.82, 2.24) is 9.97 Å². The number of ether oxygens (including phenoxy) is 1. The Morgan fingerprint density at radius 1 is 1.13 bits per heavy atom. The van der Waals surface area contributed by atoms with Crippen molar-refractivity contribution >= 4 is 22.7 Å². The molecular weight excluding hydrogens is 296 g/mol. The molecule has 0 atom stereocenters. The van der Waals surface area contributed by atoms with Crippen LogP contribution in [0.3, 0.4) is 0 Å². The van der Waals surface area contributed by atoms with E-state index in [1.165, 1.54) is 18.3 Å². The van der Waals surface area contributed by atoms with Gasteiger partial charge in [0.15, 0.2) is 6.61 Å². The number of carbonyl (C=O) groups is 2. The number of pyridine rings is 1. The average molecular weight is 310 g/mol. The summed E-state index contributed by atoms with van der Waals surface area (Å²) < 4.78 is 4.98. The molecule has 116 valence electrons. The van der Waals surface area contributed by atoms with Gasteiger partial charge in [-0.15, -0.1) is 0 Å². The quantitative estimate of drug-likeness (QED) is 0.571. The Labute approximate surface area is 131 Å². The van der Waals surface area contributed by atoms with E-state index < -0.39 is 18.1 Å². The van der Waals surface area contributed by atoms with Gasteiger partial charge >= 0.3 is 5.97 Å². The van der Waals surface area contributed by atoms with Crippen molar-refractivity contribution in [3.8, 4) is 0 Å². The lowest BCUT2D eigenvalue weighted by molar-refractivity contribution is 0.0473. The zero-order valence-electron chi connectivity index (χ0n) is 12.4. The lowest BCUT2D eigenvalue weighted by Crippen LogP contribution is -2.21. The fraction of sp³-hybridized carbons (Fsp3) is 0.118. The Morgan fingerprint density at radius 3 is 2.70 bits per heavy atom. The minimum Gasteiger partial charge on any atom is -0.454 e. The number of aryl methyl sites for hydroxylation is 1. The van der Waals surface area contributed by atoms with Gasteiger partial charge in [-0.1, -0.05) is 18.2 Å². The van der Waals surface area contributed by atoms with E-state index >= 15 is 0 Å². The standard InChI is InChI=1S/C17H14N2O4/c1-10-15(11-5-2-3-7-13(11)19-10)14(20)9-23-17(22)12-6-4-8-18-16(12)21/h2-8,19H,9H2,1H3,(H,18,21). The highest BCUT2D eigenvalue weighted by Crippen LogP contribution is 2.22. The fourth-order valence-electron chi connectivity index (χ4n) is 2.50. The number of aromatic nitrogens is 2. The summed E-state index contributed by atoms with van der Waals surface area (Å²) in [4.78, 5) is 41.3. The van der Waals surface area contributed by atoms with E-state index in [0.29, 0.717) is 11.3 Å². The number of ketones is 1. The van der Waals surface area contributed by atoms with Crippen LogP contribution >= 0.6 is 0 Å². The molecule has 1 aromatic carbocycles. The van der Waals surface area contributed by atoms with E-state index in [9.17, 15) is 14.4 Å². The molecule has 0 radical (unpaired) electrons. The largest absolute Gasteiger partial charge is 0.454 e. The van der Waals surface area contributed by atoms with Crippen LogP contribution in [0.1, 0.15) is 26.4 Å². The first-order valence-electron chi connectivity index (χ1n) is 7.03. The van der Waals surface area contributed by atoms with Gasteiger partial charge in [-0.3, -0.25) is 9.59 Å². The van der Waals surface area contributed by atoms with Crippen molar-refractivity contribution in [2.45, 2.75) is 6.92 Å². The summed E-state index contributed by atoms with van der Waals surface area (Å²) in [5, 5.41) is 0.781. The Bertz CT molecular complexity index is 952. The molecule has 2 heterocycles. The van der Waals surface area contributed by atoms with Gasteiger partial charge in [0.05, 0.1) is 0 Å². The van der Waals surface area contributed by atoms with Crippen molar-refractivity contribution < 1.29 is 14.3 Å². The monoisotopic (exact) mass is 310 g/mol. The SMILES string of the molecule is Cc1[nH]c2ccccc2c1C(=O)COC(=O)c1ccc[nH]c1=O. The number of rotatable bonds is 4. The molecule has 0 unspecified atom stereocenters. The molecule has 0 fully saturated rings. The van der Waals surface area contributed by atoms with Crippen molar-refractivity contribution in [1.29, 1.82) is 0 Å². The number of hydrogen-bond acceptors (Lipinski definition) is 4. The summed E-state index contributed by atoms with van der Waals surface area (Å²) in [6.07, 6.45) is 1.42. The highest BCUT2D eigenvalue weighted by atomic mass is 16.5. The minimum absolute atomic E-state index is 0.129. The molecule has 0 spiro atoms. The van der Waals surface area contributed by atoms with Gasteiger partial charge in [-0.05, 0) is 25.1 Å². The molecule has 0 aliphatic carbocycles. The van der Waals surface area contributed by atoms with Crippen LogP contribution in [0.2, 0.25) is 0 Å². The Hall–Kier alpha value is -3.15. The van der Waals surface area contributed by atoms with E-state index in [2.05, 4.69) is 9.97 Å². The van der Waals surface area contributed by atoms with Crippen LogP contribution in [-0.4, -0.2) is 28.3 Å². The molecule has 0 amide bonds. The maximum atomic E-state index is 12.4. The maximum absolute atomic E-state index is 12.4. The third-order valence-electron chi connectivity index (χ3n) is 3.54. The Morgan fingerprint density at radius 2 is 1.91 bits per heavy atom. The van der Waals surface area contributed by atoms with Crippen molar-refractivity contribution in [3.05, 3.63) is 69.8 Å².